The molecular formula is C26H23F3N8O. The number of amides is 2. The van der Waals surface area contributed by atoms with E-state index in [-0.39, 0.29) is 17.1 Å². The highest BCUT2D eigenvalue weighted by atomic mass is 19.4. The van der Waals surface area contributed by atoms with Crippen LogP contribution in [0.3, 0.4) is 0 Å². The Labute approximate surface area is 216 Å². The van der Waals surface area contributed by atoms with Crippen LogP contribution in [0.5, 0.6) is 0 Å². The highest BCUT2D eigenvalue weighted by Gasteiger charge is 2.34. The molecule has 0 unspecified atom stereocenters. The number of nitriles is 1. The number of hydrogen-bond donors (Lipinski definition) is 3. The van der Waals surface area contributed by atoms with E-state index < -0.39 is 17.9 Å². The standard InChI is InChI=1S/C26H23F3N8O/c1-25(2,3)19-14-22(37(36-19)18-11-9-16(15-30)10-12-18)33-24(38)35-34-21-13-20(26(27,28)29)31-23(32-21)17-7-5-4-6-8-17/h4-14H,1-3H3,(H,31,32,34)(H2,33,35,38). The van der Waals surface area contributed by atoms with Crippen LogP contribution in [-0.4, -0.2) is 25.8 Å². The van der Waals surface area contributed by atoms with Crippen molar-refractivity contribution in [2.24, 2.45) is 0 Å². The fraction of sp³-hybridized carbons (Fsp3) is 0.192. The van der Waals surface area contributed by atoms with Crippen molar-refractivity contribution in [1.29, 1.82) is 5.26 Å². The van der Waals surface area contributed by atoms with E-state index in [1.165, 1.54) is 4.68 Å². The van der Waals surface area contributed by atoms with E-state index in [2.05, 4.69) is 31.2 Å². The summed E-state index contributed by atoms with van der Waals surface area (Å²) in [5.74, 6) is -0.0984. The molecular weight excluding hydrogens is 497 g/mol. The lowest BCUT2D eigenvalue weighted by Gasteiger charge is -2.14. The summed E-state index contributed by atoms with van der Waals surface area (Å²) in [6.07, 6.45) is -4.72. The molecule has 9 nitrogen and oxygen atoms in total. The molecule has 2 aromatic carbocycles. The number of carbonyl (C=O) groups excluding carboxylic acids is 1. The number of rotatable bonds is 5. The fourth-order valence-corrected chi connectivity index (χ4v) is 3.35. The lowest BCUT2D eigenvalue weighted by molar-refractivity contribution is -0.141. The molecule has 0 radical (unpaired) electrons. The molecule has 4 rings (SSSR count). The summed E-state index contributed by atoms with van der Waals surface area (Å²) in [5.41, 5.74) is 5.35. The number of urea groups is 1. The van der Waals surface area contributed by atoms with Crippen LogP contribution in [0, 0.1) is 11.3 Å². The molecule has 4 aromatic rings. The van der Waals surface area contributed by atoms with Gasteiger partial charge in [0.05, 0.1) is 23.0 Å². The van der Waals surface area contributed by atoms with Crippen LogP contribution in [0.15, 0.2) is 66.7 Å². The van der Waals surface area contributed by atoms with Crippen LogP contribution in [0.1, 0.15) is 37.7 Å². The summed E-state index contributed by atoms with van der Waals surface area (Å²) >= 11 is 0. The first-order chi connectivity index (χ1) is 17.9. The first-order valence-corrected chi connectivity index (χ1v) is 11.4. The number of hydrazine groups is 1. The van der Waals surface area contributed by atoms with E-state index in [4.69, 9.17) is 5.26 Å². The average molecular weight is 521 g/mol. The zero-order valence-corrected chi connectivity index (χ0v) is 20.6. The maximum absolute atomic E-state index is 13.5. The fourth-order valence-electron chi connectivity index (χ4n) is 3.35. The van der Waals surface area contributed by atoms with Crippen LogP contribution < -0.4 is 16.2 Å². The molecule has 2 aromatic heterocycles. The number of benzene rings is 2. The Morgan fingerprint density at radius 1 is 0.947 bits per heavy atom. The van der Waals surface area contributed by atoms with Gasteiger partial charge in [-0.3, -0.25) is 10.7 Å². The van der Waals surface area contributed by atoms with Gasteiger partial charge in [0.2, 0.25) is 0 Å². The SMILES string of the molecule is CC(C)(C)c1cc(NC(=O)NNc2cc(C(F)(F)F)nc(-c3ccccc3)n2)n(-c2ccc(C#N)cc2)n1. The summed E-state index contributed by atoms with van der Waals surface area (Å²) in [7, 11) is 0. The van der Waals surface area contributed by atoms with E-state index in [1.54, 1.807) is 60.7 Å². The minimum absolute atomic E-state index is 0.154. The lowest BCUT2D eigenvalue weighted by Crippen LogP contribution is -2.34. The number of hydrogen-bond acceptors (Lipinski definition) is 6. The Balaban J connectivity index is 1.57. The van der Waals surface area contributed by atoms with Crippen LogP contribution in [0.4, 0.5) is 29.6 Å². The maximum Gasteiger partial charge on any atom is 0.433 e. The number of anilines is 2. The molecule has 0 saturated carbocycles. The minimum atomic E-state index is -4.72. The van der Waals surface area contributed by atoms with Crippen molar-refractivity contribution >= 4 is 17.7 Å². The van der Waals surface area contributed by atoms with E-state index in [9.17, 15) is 18.0 Å². The van der Waals surface area contributed by atoms with Crippen LogP contribution in [0.2, 0.25) is 0 Å². The second-order valence-electron chi connectivity index (χ2n) is 9.27. The largest absolute Gasteiger partial charge is 0.433 e. The van der Waals surface area contributed by atoms with Gasteiger partial charge in [-0.25, -0.2) is 24.9 Å². The Morgan fingerprint density at radius 3 is 2.24 bits per heavy atom. The van der Waals surface area contributed by atoms with E-state index in [0.29, 0.717) is 34.4 Å². The molecule has 2 amide bonds. The number of aromatic nitrogens is 4. The van der Waals surface area contributed by atoms with Gasteiger partial charge < -0.3 is 0 Å². The van der Waals surface area contributed by atoms with Crippen LogP contribution in [0.25, 0.3) is 17.1 Å². The van der Waals surface area contributed by atoms with Gasteiger partial charge in [-0.15, -0.1) is 0 Å². The second kappa shape index (κ2) is 10.2. The molecule has 12 heteroatoms. The number of halogens is 3. The summed E-state index contributed by atoms with van der Waals surface area (Å²) in [6.45, 7) is 5.88. The topological polar surface area (TPSA) is 121 Å². The van der Waals surface area contributed by atoms with Crippen molar-refractivity contribution < 1.29 is 18.0 Å². The monoisotopic (exact) mass is 520 g/mol. The average Bonchev–Trinajstić information content (AvgIpc) is 3.31. The van der Waals surface area contributed by atoms with Crippen molar-refractivity contribution in [3.63, 3.8) is 0 Å². The van der Waals surface area contributed by atoms with Crippen molar-refractivity contribution in [3.05, 3.63) is 83.7 Å². The maximum atomic E-state index is 13.5. The Kier molecular flexibility index (Phi) is 7.03. The lowest BCUT2D eigenvalue weighted by atomic mass is 9.92. The summed E-state index contributed by atoms with van der Waals surface area (Å²) < 4.78 is 41.9. The van der Waals surface area contributed by atoms with Gasteiger partial charge in [0.1, 0.15) is 11.6 Å². The smallest absolute Gasteiger partial charge is 0.291 e. The van der Waals surface area contributed by atoms with Crippen LogP contribution >= 0.6 is 0 Å². The molecule has 0 atom stereocenters. The third-order valence-corrected chi connectivity index (χ3v) is 5.31. The second-order valence-corrected chi connectivity index (χ2v) is 9.27. The van der Waals surface area contributed by atoms with Gasteiger partial charge in [0, 0.05) is 23.1 Å². The normalized spacial score (nSPS) is 11.5. The van der Waals surface area contributed by atoms with E-state index >= 15 is 0 Å². The highest BCUT2D eigenvalue weighted by molar-refractivity contribution is 5.89. The third-order valence-electron chi connectivity index (χ3n) is 5.31. The van der Waals surface area contributed by atoms with Crippen molar-refractivity contribution in [3.8, 4) is 23.1 Å². The molecule has 0 bridgehead atoms. The molecule has 0 aliphatic rings. The zero-order valence-electron chi connectivity index (χ0n) is 20.6. The summed E-state index contributed by atoms with van der Waals surface area (Å²) in [6, 6.07) is 18.5. The number of carbonyl (C=O) groups is 1. The van der Waals surface area contributed by atoms with Gasteiger partial charge in [-0.1, -0.05) is 51.1 Å². The van der Waals surface area contributed by atoms with Gasteiger partial charge in [0.15, 0.2) is 11.5 Å². The number of alkyl halides is 3. The first kappa shape index (κ1) is 26.2. The number of nitrogens with zero attached hydrogens (tertiary/aromatic N) is 5. The Hall–Kier alpha value is -4.92. The van der Waals surface area contributed by atoms with E-state index in [0.717, 1.165) is 0 Å². The van der Waals surface area contributed by atoms with Gasteiger partial charge in [-0.05, 0) is 24.3 Å². The minimum Gasteiger partial charge on any atom is -0.291 e. The zero-order chi connectivity index (χ0) is 27.5. The molecule has 0 aliphatic heterocycles. The Bertz CT molecular complexity index is 1480. The van der Waals surface area contributed by atoms with Crippen molar-refractivity contribution in [2.45, 2.75) is 32.4 Å². The summed E-state index contributed by atoms with van der Waals surface area (Å²) in [4.78, 5) is 20.5. The third kappa shape index (κ3) is 6.07. The molecule has 0 saturated heterocycles. The predicted molar refractivity (Wildman–Crippen MR) is 135 cm³/mol. The van der Waals surface area contributed by atoms with Crippen molar-refractivity contribution in [2.75, 3.05) is 10.7 Å². The molecule has 194 valence electrons. The molecule has 2 heterocycles. The summed E-state index contributed by atoms with van der Waals surface area (Å²) in [5, 5.41) is 16.3. The first-order valence-electron chi connectivity index (χ1n) is 11.4. The van der Waals surface area contributed by atoms with Gasteiger partial charge >= 0.3 is 12.2 Å². The quantitative estimate of drug-likeness (QED) is 0.292. The predicted octanol–water partition coefficient (Wildman–Crippen LogP) is 5.67. The van der Waals surface area contributed by atoms with Gasteiger partial charge in [0.25, 0.3) is 0 Å². The van der Waals surface area contributed by atoms with Crippen LogP contribution in [-0.2, 0) is 11.6 Å². The number of nitrogens with one attached hydrogen (secondary N) is 3. The molecule has 38 heavy (non-hydrogen) atoms. The molecule has 0 aliphatic carbocycles. The van der Waals surface area contributed by atoms with Gasteiger partial charge in [-0.2, -0.15) is 23.5 Å². The highest BCUT2D eigenvalue weighted by Crippen LogP contribution is 2.31. The van der Waals surface area contributed by atoms with Crippen molar-refractivity contribution in [1.82, 2.24) is 25.2 Å². The molecule has 0 fully saturated rings. The van der Waals surface area contributed by atoms with E-state index in [1.807, 2.05) is 26.8 Å². The molecule has 0 spiro atoms. The Morgan fingerprint density at radius 2 is 1.63 bits per heavy atom. The molecule has 3 N–H and O–H groups in total.